The Morgan fingerprint density at radius 1 is 1.50 bits per heavy atom. The molecule has 0 fully saturated rings. The minimum Gasteiger partial charge on any atom is -0.393 e. The summed E-state index contributed by atoms with van der Waals surface area (Å²) in [6.45, 7) is 4.15. The van der Waals surface area contributed by atoms with Gasteiger partial charge in [0.2, 0.25) is 0 Å². The number of aryl methyl sites for hydroxylation is 1. The Bertz CT molecular complexity index is 389. The summed E-state index contributed by atoms with van der Waals surface area (Å²) in [5.74, 6) is 0.279. The fourth-order valence-corrected chi connectivity index (χ4v) is 2.30. The van der Waals surface area contributed by atoms with E-state index in [2.05, 4.69) is 36.1 Å². The second kappa shape index (κ2) is 4.83. The van der Waals surface area contributed by atoms with Crippen LogP contribution in [0.15, 0.2) is 24.3 Å². The van der Waals surface area contributed by atoms with Gasteiger partial charge in [0.15, 0.2) is 0 Å². The molecule has 0 aromatic heterocycles. The van der Waals surface area contributed by atoms with Crippen molar-refractivity contribution in [2.45, 2.75) is 19.8 Å². The van der Waals surface area contributed by atoms with E-state index in [1.165, 1.54) is 24.1 Å². The molecule has 1 aliphatic heterocycles. The van der Waals surface area contributed by atoms with Gasteiger partial charge in [-0.1, -0.05) is 37.3 Å². The van der Waals surface area contributed by atoms with Gasteiger partial charge in [-0.3, -0.25) is 0 Å². The lowest BCUT2D eigenvalue weighted by atomic mass is 10.0. The molecule has 1 aromatic rings. The predicted molar refractivity (Wildman–Crippen MR) is 72.9 cm³/mol. The molecule has 2 rings (SSSR count). The summed E-state index contributed by atoms with van der Waals surface area (Å²) in [6.07, 6.45) is 2.41. The number of hydrogen-bond donors (Lipinski definition) is 1. The van der Waals surface area contributed by atoms with Crippen LogP contribution in [0, 0.1) is 5.92 Å². The molecule has 1 aliphatic rings. The van der Waals surface area contributed by atoms with Crippen LogP contribution in [0.2, 0.25) is 0 Å². The van der Waals surface area contributed by atoms with E-state index in [0.717, 1.165) is 13.1 Å². The molecule has 0 bridgehead atoms. The number of para-hydroxylation sites is 1. The van der Waals surface area contributed by atoms with E-state index in [-0.39, 0.29) is 5.92 Å². The van der Waals surface area contributed by atoms with Crippen molar-refractivity contribution in [2.75, 3.05) is 18.0 Å². The smallest absolute Gasteiger partial charge is 0.0773 e. The van der Waals surface area contributed by atoms with E-state index in [0.29, 0.717) is 4.99 Å². The SMILES string of the molecule is CC(CN1CCCc2ccccc21)C(N)=S. The highest BCUT2D eigenvalue weighted by Crippen LogP contribution is 2.27. The van der Waals surface area contributed by atoms with Crippen molar-refractivity contribution in [1.29, 1.82) is 0 Å². The molecule has 1 aromatic carbocycles. The summed E-state index contributed by atoms with van der Waals surface area (Å²) in [4.78, 5) is 3.02. The second-order valence-electron chi connectivity index (χ2n) is 4.48. The molecule has 0 aliphatic carbocycles. The fourth-order valence-electron chi connectivity index (χ4n) is 2.22. The summed E-state index contributed by atoms with van der Waals surface area (Å²) in [6, 6.07) is 8.62. The van der Waals surface area contributed by atoms with Crippen molar-refractivity contribution < 1.29 is 0 Å². The van der Waals surface area contributed by atoms with Crippen LogP contribution in [0.3, 0.4) is 0 Å². The van der Waals surface area contributed by atoms with Gasteiger partial charge < -0.3 is 10.6 Å². The molecular formula is C13H18N2S. The third-order valence-corrected chi connectivity index (χ3v) is 3.59. The van der Waals surface area contributed by atoms with Gasteiger partial charge in [0, 0.05) is 24.7 Å². The number of anilines is 1. The molecule has 0 saturated carbocycles. The first-order chi connectivity index (χ1) is 7.68. The predicted octanol–water partition coefficient (Wildman–Crippen LogP) is 2.36. The van der Waals surface area contributed by atoms with Gasteiger partial charge in [-0.05, 0) is 24.5 Å². The Kier molecular flexibility index (Phi) is 3.44. The van der Waals surface area contributed by atoms with Gasteiger partial charge in [-0.25, -0.2) is 0 Å². The number of nitrogens with zero attached hydrogens (tertiary/aromatic N) is 1. The first-order valence-corrected chi connectivity index (χ1v) is 6.21. The number of nitrogens with two attached hydrogens (primary N) is 1. The minimum atomic E-state index is 0.279. The third-order valence-electron chi connectivity index (χ3n) is 3.19. The zero-order valence-corrected chi connectivity index (χ0v) is 10.5. The Morgan fingerprint density at radius 3 is 3.00 bits per heavy atom. The van der Waals surface area contributed by atoms with E-state index in [1.54, 1.807) is 0 Å². The van der Waals surface area contributed by atoms with Crippen molar-refractivity contribution in [3.05, 3.63) is 29.8 Å². The lowest BCUT2D eigenvalue weighted by Gasteiger charge is -2.33. The van der Waals surface area contributed by atoms with Crippen LogP contribution in [0.4, 0.5) is 5.69 Å². The monoisotopic (exact) mass is 234 g/mol. The van der Waals surface area contributed by atoms with Crippen molar-refractivity contribution >= 4 is 22.9 Å². The molecule has 0 radical (unpaired) electrons. The van der Waals surface area contributed by atoms with Crippen LogP contribution in [0.1, 0.15) is 18.9 Å². The highest BCUT2D eigenvalue weighted by atomic mass is 32.1. The second-order valence-corrected chi connectivity index (χ2v) is 4.95. The number of thiocarbonyl (C=S) groups is 1. The van der Waals surface area contributed by atoms with E-state index in [4.69, 9.17) is 18.0 Å². The number of benzene rings is 1. The fraction of sp³-hybridized carbons (Fsp3) is 0.462. The summed E-state index contributed by atoms with van der Waals surface area (Å²) in [5, 5.41) is 0. The van der Waals surface area contributed by atoms with Gasteiger partial charge in [0.05, 0.1) is 4.99 Å². The van der Waals surface area contributed by atoms with E-state index >= 15 is 0 Å². The van der Waals surface area contributed by atoms with Crippen LogP contribution in [0.5, 0.6) is 0 Å². The minimum absolute atomic E-state index is 0.279. The van der Waals surface area contributed by atoms with Crippen molar-refractivity contribution in [1.82, 2.24) is 0 Å². The quantitative estimate of drug-likeness (QED) is 0.814. The maximum absolute atomic E-state index is 5.68. The number of hydrogen-bond acceptors (Lipinski definition) is 2. The van der Waals surface area contributed by atoms with E-state index in [1.807, 2.05) is 0 Å². The van der Waals surface area contributed by atoms with Crippen LogP contribution < -0.4 is 10.6 Å². The molecule has 0 amide bonds. The summed E-state index contributed by atoms with van der Waals surface area (Å²) in [7, 11) is 0. The zero-order chi connectivity index (χ0) is 11.5. The van der Waals surface area contributed by atoms with Gasteiger partial charge in [0.25, 0.3) is 0 Å². The molecule has 0 spiro atoms. The number of rotatable bonds is 3. The summed E-state index contributed by atoms with van der Waals surface area (Å²) in [5.41, 5.74) is 8.48. The van der Waals surface area contributed by atoms with Crippen LogP contribution in [-0.2, 0) is 6.42 Å². The maximum Gasteiger partial charge on any atom is 0.0773 e. The third kappa shape index (κ3) is 2.35. The zero-order valence-electron chi connectivity index (χ0n) is 9.65. The van der Waals surface area contributed by atoms with Crippen molar-refractivity contribution in [3.8, 4) is 0 Å². The molecule has 1 atom stereocenters. The molecule has 16 heavy (non-hydrogen) atoms. The van der Waals surface area contributed by atoms with Gasteiger partial charge in [-0.15, -0.1) is 0 Å². The molecule has 3 heteroatoms. The highest BCUT2D eigenvalue weighted by molar-refractivity contribution is 7.80. The highest BCUT2D eigenvalue weighted by Gasteiger charge is 2.18. The van der Waals surface area contributed by atoms with Crippen LogP contribution in [-0.4, -0.2) is 18.1 Å². The normalized spacial score (nSPS) is 16.7. The molecule has 0 saturated heterocycles. The molecule has 1 heterocycles. The first kappa shape index (κ1) is 11.4. The average molecular weight is 234 g/mol. The van der Waals surface area contributed by atoms with E-state index < -0.39 is 0 Å². The Labute approximate surface area is 102 Å². The Hall–Kier alpha value is -1.09. The molecule has 2 N–H and O–H groups in total. The Balaban J connectivity index is 2.16. The van der Waals surface area contributed by atoms with Gasteiger partial charge in [0.1, 0.15) is 0 Å². The van der Waals surface area contributed by atoms with E-state index in [9.17, 15) is 0 Å². The largest absolute Gasteiger partial charge is 0.393 e. The van der Waals surface area contributed by atoms with Crippen LogP contribution >= 0.6 is 12.2 Å². The summed E-state index contributed by atoms with van der Waals surface area (Å²) < 4.78 is 0. The topological polar surface area (TPSA) is 29.3 Å². The Morgan fingerprint density at radius 2 is 2.25 bits per heavy atom. The standard InChI is InChI=1S/C13H18N2S/c1-10(13(14)16)9-15-8-4-6-11-5-2-3-7-12(11)15/h2-3,5,7,10H,4,6,8-9H2,1H3,(H2,14,16). The molecular weight excluding hydrogens is 216 g/mol. The molecule has 86 valence electrons. The maximum atomic E-state index is 5.68. The van der Waals surface area contributed by atoms with Crippen molar-refractivity contribution in [2.24, 2.45) is 11.7 Å². The lowest BCUT2D eigenvalue weighted by Crippen LogP contribution is -2.37. The summed E-state index contributed by atoms with van der Waals surface area (Å²) >= 11 is 5.04. The van der Waals surface area contributed by atoms with Crippen LogP contribution in [0.25, 0.3) is 0 Å². The lowest BCUT2D eigenvalue weighted by molar-refractivity contribution is 0.641. The van der Waals surface area contributed by atoms with Crippen molar-refractivity contribution in [3.63, 3.8) is 0 Å². The molecule has 1 unspecified atom stereocenters. The average Bonchev–Trinajstić information content (AvgIpc) is 2.29. The first-order valence-electron chi connectivity index (χ1n) is 5.80. The van der Waals surface area contributed by atoms with Gasteiger partial charge >= 0.3 is 0 Å². The van der Waals surface area contributed by atoms with Gasteiger partial charge in [-0.2, -0.15) is 0 Å². The molecule has 2 nitrogen and oxygen atoms in total. The number of fused-ring (bicyclic) bond motifs is 1.